The van der Waals surface area contributed by atoms with Crippen molar-refractivity contribution in [1.82, 2.24) is 9.80 Å². The first kappa shape index (κ1) is 19.8. The molecule has 5 nitrogen and oxygen atoms in total. The number of rotatable bonds is 7. The Morgan fingerprint density at radius 3 is 2.46 bits per heavy atom. The van der Waals surface area contributed by atoms with Crippen LogP contribution >= 0.6 is 0 Å². The molecule has 2 aromatic rings. The molecular weight excluding hydrogens is 357 g/mol. The highest BCUT2D eigenvalue weighted by atomic mass is 19.1. The van der Waals surface area contributed by atoms with Crippen molar-refractivity contribution < 1.29 is 13.9 Å². The van der Waals surface area contributed by atoms with E-state index in [-0.39, 0.29) is 17.5 Å². The molecule has 1 aliphatic heterocycles. The molecule has 0 aliphatic carbocycles. The van der Waals surface area contributed by atoms with E-state index in [2.05, 4.69) is 11.0 Å². The molecule has 0 bridgehead atoms. The zero-order chi connectivity index (χ0) is 19.8. The number of benzene rings is 2. The minimum Gasteiger partial charge on any atom is -0.491 e. The summed E-state index contributed by atoms with van der Waals surface area (Å²) >= 11 is 0. The zero-order valence-corrected chi connectivity index (χ0v) is 15.8. The van der Waals surface area contributed by atoms with Gasteiger partial charge in [0.05, 0.1) is 18.2 Å². The Balaban J connectivity index is 1.35. The second-order valence-corrected chi connectivity index (χ2v) is 6.85. The van der Waals surface area contributed by atoms with Crippen LogP contribution in [-0.4, -0.2) is 48.5 Å². The van der Waals surface area contributed by atoms with Gasteiger partial charge >= 0.3 is 0 Å². The van der Waals surface area contributed by atoms with E-state index in [1.54, 1.807) is 18.2 Å². The number of amides is 1. The first-order chi connectivity index (χ1) is 13.7. The van der Waals surface area contributed by atoms with Gasteiger partial charge in [-0.05, 0) is 36.2 Å². The first-order valence-corrected chi connectivity index (χ1v) is 9.52. The van der Waals surface area contributed by atoms with Crippen LogP contribution in [0.15, 0.2) is 48.5 Å². The fourth-order valence-electron chi connectivity index (χ4n) is 3.22. The third kappa shape index (κ3) is 5.54. The predicted molar refractivity (Wildman–Crippen MR) is 104 cm³/mol. The standard InChI is InChI=1S/C22H24FN3O2/c23-20-4-1-2-5-21(20)28-15-3-6-22(27)26-13-11-25(12-14-26)17-19-9-7-18(16-24)8-10-19/h1-2,4-5,7-10H,3,6,11-15,17H2. The number of nitrogens with zero attached hydrogens (tertiary/aromatic N) is 3. The third-order valence-electron chi connectivity index (χ3n) is 4.84. The highest BCUT2D eigenvalue weighted by molar-refractivity contribution is 5.76. The maximum Gasteiger partial charge on any atom is 0.222 e. The second kappa shape index (κ2) is 9.86. The van der Waals surface area contributed by atoms with Crippen LogP contribution in [0.2, 0.25) is 0 Å². The van der Waals surface area contributed by atoms with E-state index in [4.69, 9.17) is 10.00 Å². The Morgan fingerprint density at radius 2 is 1.79 bits per heavy atom. The van der Waals surface area contributed by atoms with E-state index >= 15 is 0 Å². The summed E-state index contributed by atoms with van der Waals surface area (Å²) in [5.74, 6) is -0.0336. The first-order valence-electron chi connectivity index (χ1n) is 9.52. The quantitative estimate of drug-likeness (QED) is 0.691. The van der Waals surface area contributed by atoms with Crippen LogP contribution in [-0.2, 0) is 11.3 Å². The lowest BCUT2D eigenvalue weighted by molar-refractivity contribution is -0.133. The lowest BCUT2D eigenvalue weighted by Crippen LogP contribution is -2.48. The molecule has 2 aromatic carbocycles. The summed E-state index contributed by atoms with van der Waals surface area (Å²) in [6.45, 7) is 4.23. The molecule has 0 N–H and O–H groups in total. The van der Waals surface area contributed by atoms with Crippen molar-refractivity contribution in [3.8, 4) is 11.8 Å². The molecular formula is C22H24FN3O2. The number of carbonyl (C=O) groups excluding carboxylic acids is 1. The highest BCUT2D eigenvalue weighted by Crippen LogP contribution is 2.16. The molecule has 0 saturated carbocycles. The Morgan fingerprint density at radius 1 is 1.07 bits per heavy atom. The fourth-order valence-corrected chi connectivity index (χ4v) is 3.22. The van der Waals surface area contributed by atoms with Gasteiger partial charge in [-0.25, -0.2) is 4.39 Å². The van der Waals surface area contributed by atoms with Crippen molar-refractivity contribution in [2.75, 3.05) is 32.8 Å². The Kier molecular flexibility index (Phi) is 6.99. The highest BCUT2D eigenvalue weighted by Gasteiger charge is 2.20. The average molecular weight is 381 g/mol. The molecule has 6 heteroatoms. The van der Waals surface area contributed by atoms with Gasteiger partial charge in [-0.1, -0.05) is 24.3 Å². The Hall–Kier alpha value is -2.91. The second-order valence-electron chi connectivity index (χ2n) is 6.85. The van der Waals surface area contributed by atoms with Crippen LogP contribution in [0.5, 0.6) is 5.75 Å². The van der Waals surface area contributed by atoms with E-state index in [0.717, 1.165) is 19.6 Å². The summed E-state index contributed by atoms with van der Waals surface area (Å²) in [4.78, 5) is 16.6. The minimum absolute atomic E-state index is 0.121. The third-order valence-corrected chi connectivity index (χ3v) is 4.84. The van der Waals surface area contributed by atoms with Gasteiger partial charge in [-0.3, -0.25) is 9.69 Å². The number of carbonyl (C=O) groups is 1. The number of hydrogen-bond donors (Lipinski definition) is 0. The minimum atomic E-state index is -0.382. The lowest BCUT2D eigenvalue weighted by Gasteiger charge is -2.34. The molecule has 1 heterocycles. The monoisotopic (exact) mass is 381 g/mol. The maximum atomic E-state index is 13.5. The molecule has 1 fully saturated rings. The molecule has 0 radical (unpaired) electrons. The summed E-state index contributed by atoms with van der Waals surface area (Å²) < 4.78 is 18.9. The van der Waals surface area contributed by atoms with E-state index in [1.807, 2.05) is 29.2 Å². The van der Waals surface area contributed by atoms with Crippen molar-refractivity contribution in [2.24, 2.45) is 0 Å². The lowest BCUT2D eigenvalue weighted by atomic mass is 10.1. The van der Waals surface area contributed by atoms with Crippen LogP contribution < -0.4 is 4.74 Å². The Labute approximate surface area is 164 Å². The van der Waals surface area contributed by atoms with E-state index < -0.39 is 0 Å². The number of para-hydroxylation sites is 1. The van der Waals surface area contributed by atoms with Crippen molar-refractivity contribution in [3.05, 3.63) is 65.5 Å². The van der Waals surface area contributed by atoms with Crippen LogP contribution in [0.1, 0.15) is 24.0 Å². The van der Waals surface area contributed by atoms with E-state index in [0.29, 0.717) is 38.1 Å². The largest absolute Gasteiger partial charge is 0.491 e. The predicted octanol–water partition coefficient (Wildman–Crippen LogP) is 3.20. The smallest absolute Gasteiger partial charge is 0.222 e. The van der Waals surface area contributed by atoms with E-state index in [9.17, 15) is 9.18 Å². The van der Waals surface area contributed by atoms with Crippen molar-refractivity contribution in [2.45, 2.75) is 19.4 Å². The average Bonchev–Trinajstić information content (AvgIpc) is 2.73. The number of halogens is 1. The molecule has 1 amide bonds. The fraction of sp³-hybridized carbons (Fsp3) is 0.364. The van der Waals surface area contributed by atoms with Gasteiger partial charge in [0.2, 0.25) is 5.91 Å². The Bertz CT molecular complexity index is 824. The maximum absolute atomic E-state index is 13.5. The van der Waals surface area contributed by atoms with Crippen LogP contribution in [0.25, 0.3) is 0 Å². The normalized spacial score (nSPS) is 14.5. The molecule has 3 rings (SSSR count). The number of nitriles is 1. The van der Waals surface area contributed by atoms with Crippen molar-refractivity contribution in [3.63, 3.8) is 0 Å². The summed E-state index contributed by atoms with van der Waals surface area (Å²) in [7, 11) is 0. The van der Waals surface area contributed by atoms with Crippen LogP contribution in [0.4, 0.5) is 4.39 Å². The molecule has 1 aliphatic rings. The van der Waals surface area contributed by atoms with Crippen molar-refractivity contribution in [1.29, 1.82) is 5.26 Å². The number of piperazine rings is 1. The topological polar surface area (TPSA) is 56.6 Å². The molecule has 0 aromatic heterocycles. The van der Waals surface area contributed by atoms with E-state index in [1.165, 1.54) is 11.6 Å². The summed E-state index contributed by atoms with van der Waals surface area (Å²) in [5.41, 5.74) is 1.84. The summed E-state index contributed by atoms with van der Waals surface area (Å²) in [6, 6.07) is 16.0. The van der Waals surface area contributed by atoms with Crippen LogP contribution in [0, 0.1) is 17.1 Å². The van der Waals surface area contributed by atoms with Gasteiger partial charge < -0.3 is 9.64 Å². The molecule has 28 heavy (non-hydrogen) atoms. The van der Waals surface area contributed by atoms with Gasteiger partial charge in [0.15, 0.2) is 11.6 Å². The van der Waals surface area contributed by atoms with Gasteiger partial charge in [0, 0.05) is 39.1 Å². The number of hydrogen-bond acceptors (Lipinski definition) is 4. The van der Waals surface area contributed by atoms with Crippen molar-refractivity contribution >= 4 is 5.91 Å². The molecule has 0 unspecified atom stereocenters. The molecule has 0 atom stereocenters. The van der Waals surface area contributed by atoms with Gasteiger partial charge in [-0.2, -0.15) is 5.26 Å². The van der Waals surface area contributed by atoms with Gasteiger partial charge in [0.25, 0.3) is 0 Å². The summed E-state index contributed by atoms with van der Waals surface area (Å²) in [6.07, 6.45) is 0.975. The SMILES string of the molecule is N#Cc1ccc(CN2CCN(C(=O)CCCOc3ccccc3F)CC2)cc1. The molecule has 1 saturated heterocycles. The van der Waals surface area contributed by atoms with Crippen LogP contribution in [0.3, 0.4) is 0 Å². The molecule has 146 valence electrons. The molecule has 0 spiro atoms. The van der Waals surface area contributed by atoms with Gasteiger partial charge in [0.1, 0.15) is 0 Å². The zero-order valence-electron chi connectivity index (χ0n) is 15.8. The summed E-state index contributed by atoms with van der Waals surface area (Å²) in [5, 5.41) is 8.86. The number of ether oxygens (including phenoxy) is 1. The van der Waals surface area contributed by atoms with Gasteiger partial charge in [-0.15, -0.1) is 0 Å².